The van der Waals surface area contributed by atoms with Crippen molar-refractivity contribution < 1.29 is 26.4 Å². The van der Waals surface area contributed by atoms with Gasteiger partial charge >= 0.3 is 6.18 Å². The molecule has 0 N–H and O–H groups in total. The molecule has 0 atom stereocenters. The summed E-state index contributed by atoms with van der Waals surface area (Å²) in [4.78, 5) is 20.9. The molecule has 0 radical (unpaired) electrons. The van der Waals surface area contributed by atoms with Crippen LogP contribution in [0.25, 0.3) is 0 Å². The van der Waals surface area contributed by atoms with Crippen molar-refractivity contribution in [3.63, 3.8) is 0 Å². The van der Waals surface area contributed by atoms with Crippen LogP contribution in [0.4, 0.5) is 18.9 Å². The Morgan fingerprint density at radius 1 is 1.03 bits per heavy atom. The summed E-state index contributed by atoms with van der Waals surface area (Å²) in [6.07, 6.45) is -3.92. The van der Waals surface area contributed by atoms with Crippen molar-refractivity contribution >= 4 is 21.6 Å². The highest BCUT2D eigenvalue weighted by molar-refractivity contribution is 7.90. The average Bonchev–Trinajstić information content (AvgIpc) is 2.94. The van der Waals surface area contributed by atoms with Crippen LogP contribution >= 0.6 is 0 Å². The molecule has 0 saturated carbocycles. The summed E-state index contributed by atoms with van der Waals surface area (Å²) < 4.78 is 65.5. The summed E-state index contributed by atoms with van der Waals surface area (Å²) >= 11 is 0. The van der Waals surface area contributed by atoms with Gasteiger partial charge < -0.3 is 4.90 Å². The van der Waals surface area contributed by atoms with Crippen molar-refractivity contribution in [2.24, 2.45) is 0 Å². The monoisotopic (exact) mass is 482 g/mol. The highest BCUT2D eigenvalue weighted by Crippen LogP contribution is 2.33. The van der Waals surface area contributed by atoms with Gasteiger partial charge in [0.2, 0.25) is 0 Å². The van der Waals surface area contributed by atoms with Gasteiger partial charge in [0.1, 0.15) is 0 Å². The number of aryl methyl sites for hydroxylation is 2. The number of halogens is 3. The van der Waals surface area contributed by atoms with Crippen molar-refractivity contribution in [3.8, 4) is 0 Å². The maximum Gasteiger partial charge on any atom is 0.416 e. The molecule has 3 heterocycles. The molecule has 2 aromatic rings. The summed E-state index contributed by atoms with van der Waals surface area (Å²) in [6.45, 7) is 6.44. The highest BCUT2D eigenvalue weighted by atomic mass is 32.2. The first kappa shape index (κ1) is 23.5. The van der Waals surface area contributed by atoms with Crippen LogP contribution in [-0.4, -0.2) is 67.8 Å². The first-order valence-corrected chi connectivity index (χ1v) is 12.1. The molecule has 2 aliphatic rings. The van der Waals surface area contributed by atoms with Gasteiger partial charge in [0.05, 0.1) is 11.1 Å². The second kappa shape index (κ2) is 8.60. The zero-order chi connectivity index (χ0) is 24.0. The van der Waals surface area contributed by atoms with Gasteiger partial charge in [0.15, 0.2) is 5.03 Å². The van der Waals surface area contributed by atoms with E-state index >= 15 is 0 Å². The van der Waals surface area contributed by atoms with Crippen molar-refractivity contribution in [2.45, 2.75) is 31.5 Å². The lowest BCUT2D eigenvalue weighted by atomic mass is 10.1. The second-order valence-electron chi connectivity index (χ2n) is 8.37. The van der Waals surface area contributed by atoms with E-state index in [0.29, 0.717) is 56.1 Å². The molecule has 1 fully saturated rings. The predicted octanol–water partition coefficient (Wildman–Crippen LogP) is 3.07. The molecule has 1 aromatic heterocycles. The Morgan fingerprint density at radius 3 is 2.39 bits per heavy atom. The number of rotatable bonds is 5. The van der Waals surface area contributed by atoms with Gasteiger partial charge in [-0.05, 0) is 50.1 Å². The van der Waals surface area contributed by atoms with E-state index in [4.69, 9.17) is 0 Å². The second-order valence-corrected chi connectivity index (χ2v) is 10.2. The van der Waals surface area contributed by atoms with E-state index in [9.17, 15) is 26.4 Å². The molecule has 33 heavy (non-hydrogen) atoms. The van der Waals surface area contributed by atoms with E-state index in [2.05, 4.69) is 9.88 Å². The summed E-state index contributed by atoms with van der Waals surface area (Å²) in [5.41, 5.74) is 1.16. The molecule has 0 bridgehead atoms. The predicted molar refractivity (Wildman–Crippen MR) is 117 cm³/mol. The lowest BCUT2D eigenvalue weighted by Gasteiger charge is -2.36. The third-order valence-electron chi connectivity index (χ3n) is 6.03. The number of carbonyl (C=O) groups excluding carboxylic acids is 1. The van der Waals surface area contributed by atoms with Crippen LogP contribution in [0.2, 0.25) is 0 Å². The minimum absolute atomic E-state index is 0.0594. The Kier molecular flexibility index (Phi) is 6.12. The lowest BCUT2D eigenvalue weighted by Crippen LogP contribution is -2.47. The number of sulfonamides is 1. The molecule has 0 unspecified atom stereocenters. The molecule has 0 spiro atoms. The SMILES string of the molecule is Cc1cc(C)c2c(n1)S(=O)(=O)N(CCCN1CCN(c3cccc(C(F)(F)F)c3)CC1)C2=O. The Bertz CT molecular complexity index is 1180. The zero-order valence-corrected chi connectivity index (χ0v) is 19.2. The van der Waals surface area contributed by atoms with Gasteiger partial charge in [-0.15, -0.1) is 0 Å². The van der Waals surface area contributed by atoms with E-state index in [-0.39, 0.29) is 17.1 Å². The van der Waals surface area contributed by atoms with Gasteiger partial charge in [-0.2, -0.15) is 21.6 Å². The number of nitrogens with zero attached hydrogens (tertiary/aromatic N) is 4. The minimum atomic E-state index is -4.38. The number of hydrogen-bond acceptors (Lipinski definition) is 6. The molecule has 1 aromatic carbocycles. The van der Waals surface area contributed by atoms with Crippen LogP contribution in [0.3, 0.4) is 0 Å². The lowest BCUT2D eigenvalue weighted by molar-refractivity contribution is -0.137. The fourth-order valence-electron chi connectivity index (χ4n) is 4.36. The van der Waals surface area contributed by atoms with Crippen molar-refractivity contribution in [1.82, 2.24) is 14.2 Å². The maximum absolute atomic E-state index is 13.0. The Hall–Kier alpha value is -2.66. The van der Waals surface area contributed by atoms with Crippen molar-refractivity contribution in [2.75, 3.05) is 44.2 Å². The molecule has 2 aliphatic heterocycles. The number of benzene rings is 1. The van der Waals surface area contributed by atoms with E-state index in [0.717, 1.165) is 16.4 Å². The minimum Gasteiger partial charge on any atom is -0.369 e. The molecule has 178 valence electrons. The summed E-state index contributed by atoms with van der Waals surface area (Å²) in [7, 11) is -3.95. The number of piperazine rings is 1. The smallest absolute Gasteiger partial charge is 0.369 e. The first-order valence-electron chi connectivity index (χ1n) is 10.7. The van der Waals surface area contributed by atoms with Crippen molar-refractivity contribution in [1.29, 1.82) is 0 Å². The molecular weight excluding hydrogens is 457 g/mol. The van der Waals surface area contributed by atoms with E-state index < -0.39 is 27.7 Å². The number of anilines is 1. The van der Waals surface area contributed by atoms with Gasteiger partial charge in [-0.1, -0.05) is 6.07 Å². The molecule has 11 heteroatoms. The highest BCUT2D eigenvalue weighted by Gasteiger charge is 2.43. The third-order valence-corrected chi connectivity index (χ3v) is 7.75. The van der Waals surface area contributed by atoms with Crippen LogP contribution < -0.4 is 4.90 Å². The van der Waals surface area contributed by atoms with Crippen LogP contribution in [-0.2, 0) is 16.2 Å². The number of hydrogen-bond donors (Lipinski definition) is 0. The number of amides is 1. The molecule has 1 saturated heterocycles. The zero-order valence-electron chi connectivity index (χ0n) is 18.4. The van der Waals surface area contributed by atoms with E-state index in [1.165, 1.54) is 6.07 Å². The standard InChI is InChI=1S/C22H25F3N4O3S/c1-15-13-16(2)26-20-19(15)21(30)29(33(20,31)32)8-4-7-27-9-11-28(12-10-27)18-6-3-5-17(14-18)22(23,24)25/h3,5-6,13-14H,4,7-12H2,1-2H3. The summed E-state index contributed by atoms with van der Waals surface area (Å²) in [6, 6.07) is 7.00. The van der Waals surface area contributed by atoms with Crippen LogP contribution in [0, 0.1) is 13.8 Å². The summed E-state index contributed by atoms with van der Waals surface area (Å²) in [5.74, 6) is -0.538. The van der Waals surface area contributed by atoms with Crippen LogP contribution in [0.15, 0.2) is 35.4 Å². The van der Waals surface area contributed by atoms with Gasteiger partial charge in [-0.3, -0.25) is 9.69 Å². The average molecular weight is 483 g/mol. The normalized spacial score (nSPS) is 18.6. The van der Waals surface area contributed by atoms with E-state index in [1.807, 2.05) is 4.90 Å². The third kappa shape index (κ3) is 4.56. The van der Waals surface area contributed by atoms with Gasteiger partial charge in [0, 0.05) is 50.6 Å². The van der Waals surface area contributed by atoms with Crippen molar-refractivity contribution in [3.05, 3.63) is 52.7 Å². The molecule has 0 aliphatic carbocycles. The van der Waals surface area contributed by atoms with Gasteiger partial charge in [0.25, 0.3) is 15.9 Å². The molecule has 1 amide bonds. The Morgan fingerprint density at radius 2 is 1.73 bits per heavy atom. The van der Waals surface area contributed by atoms with Crippen LogP contribution in [0.1, 0.15) is 33.6 Å². The number of fused-ring (bicyclic) bond motifs is 1. The van der Waals surface area contributed by atoms with Gasteiger partial charge in [-0.25, -0.2) is 9.29 Å². The largest absolute Gasteiger partial charge is 0.416 e. The number of aromatic nitrogens is 1. The molecular formula is C22H25F3N4O3S. The Balaban J connectivity index is 1.32. The fraction of sp³-hybridized carbons (Fsp3) is 0.455. The number of carbonyl (C=O) groups is 1. The number of alkyl halides is 3. The van der Waals surface area contributed by atoms with E-state index in [1.54, 1.807) is 26.0 Å². The first-order chi connectivity index (χ1) is 15.5. The molecule has 7 nitrogen and oxygen atoms in total. The topological polar surface area (TPSA) is 73.8 Å². The molecule has 4 rings (SSSR count). The fourth-order valence-corrected chi connectivity index (χ4v) is 6.01. The van der Waals surface area contributed by atoms with Crippen LogP contribution in [0.5, 0.6) is 0 Å². The number of pyridine rings is 1. The quantitative estimate of drug-likeness (QED) is 0.652. The summed E-state index contributed by atoms with van der Waals surface area (Å²) in [5, 5.41) is -0.167. The Labute approximate surface area is 190 Å². The maximum atomic E-state index is 13.0.